The fourth-order valence-electron chi connectivity index (χ4n) is 0.780. The largest absolute Gasteiger partial charge is 0.395 e. The molecule has 0 saturated heterocycles. The van der Waals surface area contributed by atoms with Gasteiger partial charge in [-0.25, -0.2) is 13.1 Å². The molecule has 0 aromatic rings. The third kappa shape index (κ3) is 3.72. The molecular weight excluding hydrogens is 192 g/mol. The van der Waals surface area contributed by atoms with Crippen LogP contribution < -0.4 is 4.72 Å². The monoisotopic (exact) mass is 206 g/mol. The molecule has 0 aliphatic carbocycles. The van der Waals surface area contributed by atoms with E-state index in [1.54, 1.807) is 13.0 Å². The Hall–Kier alpha value is -0.640. The number of rotatable bonds is 5. The number of aliphatic hydroxyl groups excluding tert-OH is 1. The maximum Gasteiger partial charge on any atom is 0.228 e. The molecule has 0 aromatic heterocycles. The van der Waals surface area contributed by atoms with Crippen LogP contribution in [0.25, 0.3) is 0 Å². The van der Waals surface area contributed by atoms with E-state index in [9.17, 15) is 8.42 Å². The normalized spacial score (nSPS) is 16.2. The molecule has 0 spiro atoms. The SMILES string of the molecule is CCC(C#N)S(=O)(=O)N[C@@H](C)CO. The van der Waals surface area contributed by atoms with E-state index >= 15 is 0 Å². The lowest BCUT2D eigenvalue weighted by molar-refractivity contribution is 0.265. The summed E-state index contributed by atoms with van der Waals surface area (Å²) in [6.07, 6.45) is 0.240. The van der Waals surface area contributed by atoms with Crippen LogP contribution in [0.1, 0.15) is 20.3 Å². The molecular formula is C7H14N2O3S. The molecule has 0 bridgehead atoms. The first-order chi connectivity index (χ1) is 5.97. The van der Waals surface area contributed by atoms with Gasteiger partial charge in [-0.3, -0.25) is 0 Å². The zero-order valence-electron chi connectivity index (χ0n) is 7.69. The molecule has 76 valence electrons. The average molecular weight is 206 g/mol. The van der Waals surface area contributed by atoms with Gasteiger partial charge in [-0.05, 0) is 13.3 Å². The summed E-state index contributed by atoms with van der Waals surface area (Å²) in [5.74, 6) is 0. The van der Waals surface area contributed by atoms with E-state index in [0.29, 0.717) is 0 Å². The van der Waals surface area contributed by atoms with Crippen molar-refractivity contribution < 1.29 is 13.5 Å². The quantitative estimate of drug-likeness (QED) is 0.639. The van der Waals surface area contributed by atoms with Gasteiger partial charge in [0, 0.05) is 6.04 Å². The van der Waals surface area contributed by atoms with Crippen LogP contribution in [0.5, 0.6) is 0 Å². The summed E-state index contributed by atoms with van der Waals surface area (Å²) in [5, 5.41) is 16.1. The number of hydrogen-bond donors (Lipinski definition) is 2. The zero-order valence-corrected chi connectivity index (χ0v) is 8.50. The van der Waals surface area contributed by atoms with Gasteiger partial charge >= 0.3 is 0 Å². The van der Waals surface area contributed by atoms with Gasteiger partial charge in [-0.15, -0.1) is 0 Å². The summed E-state index contributed by atoms with van der Waals surface area (Å²) in [6, 6.07) is 1.14. The van der Waals surface area contributed by atoms with Crippen LogP contribution in [0.2, 0.25) is 0 Å². The molecule has 0 aliphatic heterocycles. The Morgan fingerprint density at radius 1 is 1.62 bits per heavy atom. The van der Waals surface area contributed by atoms with E-state index in [1.807, 2.05) is 0 Å². The van der Waals surface area contributed by atoms with Crippen LogP contribution in [-0.2, 0) is 10.0 Å². The average Bonchev–Trinajstić information content (AvgIpc) is 2.05. The van der Waals surface area contributed by atoms with Crippen molar-refractivity contribution in [3.05, 3.63) is 0 Å². The van der Waals surface area contributed by atoms with Crippen LogP contribution in [0.3, 0.4) is 0 Å². The Morgan fingerprint density at radius 3 is 2.46 bits per heavy atom. The second kappa shape index (κ2) is 5.17. The Bertz CT molecular complexity index is 281. The van der Waals surface area contributed by atoms with Gasteiger partial charge < -0.3 is 5.11 Å². The van der Waals surface area contributed by atoms with Crippen LogP contribution in [0.15, 0.2) is 0 Å². The molecule has 0 fully saturated rings. The minimum atomic E-state index is -3.60. The van der Waals surface area contributed by atoms with Crippen molar-refractivity contribution in [1.29, 1.82) is 5.26 Å². The predicted molar refractivity (Wildman–Crippen MR) is 48.3 cm³/mol. The molecule has 2 atom stereocenters. The number of hydrogen-bond acceptors (Lipinski definition) is 4. The highest BCUT2D eigenvalue weighted by molar-refractivity contribution is 7.90. The van der Waals surface area contributed by atoms with Crippen LogP contribution in [0, 0.1) is 11.3 Å². The topological polar surface area (TPSA) is 90.2 Å². The summed E-state index contributed by atoms with van der Waals surface area (Å²) >= 11 is 0. The molecule has 0 aliphatic rings. The minimum Gasteiger partial charge on any atom is -0.395 e. The van der Waals surface area contributed by atoms with E-state index < -0.39 is 21.3 Å². The first-order valence-corrected chi connectivity index (χ1v) is 5.54. The molecule has 6 heteroatoms. The minimum absolute atomic E-state index is 0.240. The molecule has 0 heterocycles. The molecule has 1 unspecified atom stereocenters. The second-order valence-electron chi connectivity index (χ2n) is 2.77. The lowest BCUT2D eigenvalue weighted by Crippen LogP contribution is -2.40. The van der Waals surface area contributed by atoms with E-state index in [1.165, 1.54) is 6.92 Å². The van der Waals surface area contributed by atoms with Gasteiger partial charge in [-0.2, -0.15) is 5.26 Å². The Labute approximate surface area is 78.4 Å². The Morgan fingerprint density at radius 2 is 2.15 bits per heavy atom. The third-order valence-electron chi connectivity index (χ3n) is 1.53. The molecule has 5 nitrogen and oxygen atoms in total. The number of aliphatic hydroxyl groups is 1. The van der Waals surface area contributed by atoms with Crippen molar-refractivity contribution >= 4 is 10.0 Å². The van der Waals surface area contributed by atoms with Crippen molar-refractivity contribution in [3.8, 4) is 6.07 Å². The molecule has 0 radical (unpaired) electrons. The smallest absolute Gasteiger partial charge is 0.228 e. The highest BCUT2D eigenvalue weighted by Crippen LogP contribution is 2.03. The molecule has 0 rings (SSSR count). The maximum atomic E-state index is 11.3. The second-order valence-corrected chi connectivity index (χ2v) is 4.67. The lowest BCUT2D eigenvalue weighted by atomic mass is 10.4. The van der Waals surface area contributed by atoms with E-state index in [-0.39, 0.29) is 13.0 Å². The Kier molecular flexibility index (Phi) is 4.91. The maximum absolute atomic E-state index is 11.3. The van der Waals surface area contributed by atoms with Crippen molar-refractivity contribution in [2.45, 2.75) is 31.6 Å². The van der Waals surface area contributed by atoms with E-state index in [2.05, 4.69) is 4.72 Å². The standard InChI is InChI=1S/C7H14N2O3S/c1-3-7(4-8)13(11,12)9-6(2)5-10/h6-7,9-10H,3,5H2,1-2H3/t6-,7?/m0/s1. The van der Waals surface area contributed by atoms with Gasteiger partial charge in [0.05, 0.1) is 12.7 Å². The van der Waals surface area contributed by atoms with Crippen molar-refractivity contribution in [2.24, 2.45) is 0 Å². The van der Waals surface area contributed by atoms with Crippen molar-refractivity contribution in [3.63, 3.8) is 0 Å². The van der Waals surface area contributed by atoms with Gasteiger partial charge in [0.25, 0.3) is 0 Å². The van der Waals surface area contributed by atoms with Crippen LogP contribution >= 0.6 is 0 Å². The lowest BCUT2D eigenvalue weighted by Gasteiger charge is -2.13. The summed E-state index contributed by atoms with van der Waals surface area (Å²) in [7, 11) is -3.60. The Balaban J connectivity index is 4.50. The highest BCUT2D eigenvalue weighted by Gasteiger charge is 2.24. The van der Waals surface area contributed by atoms with E-state index in [4.69, 9.17) is 10.4 Å². The summed E-state index contributed by atoms with van der Waals surface area (Å²) in [6.45, 7) is 2.87. The number of nitrogens with one attached hydrogen (secondary N) is 1. The molecule has 2 N–H and O–H groups in total. The fraction of sp³-hybridized carbons (Fsp3) is 0.857. The van der Waals surface area contributed by atoms with Gasteiger partial charge in [0.1, 0.15) is 0 Å². The van der Waals surface area contributed by atoms with Crippen molar-refractivity contribution in [2.75, 3.05) is 6.61 Å². The summed E-state index contributed by atoms with van der Waals surface area (Å²) in [4.78, 5) is 0. The van der Waals surface area contributed by atoms with E-state index in [0.717, 1.165) is 0 Å². The summed E-state index contributed by atoms with van der Waals surface area (Å²) < 4.78 is 24.8. The molecule has 13 heavy (non-hydrogen) atoms. The van der Waals surface area contributed by atoms with Crippen LogP contribution in [0.4, 0.5) is 0 Å². The fourth-order valence-corrected chi connectivity index (χ4v) is 2.16. The zero-order chi connectivity index (χ0) is 10.5. The third-order valence-corrected chi connectivity index (χ3v) is 3.45. The predicted octanol–water partition coefficient (Wildman–Crippen LogP) is -0.411. The first-order valence-electron chi connectivity index (χ1n) is 3.99. The molecule has 0 aromatic carbocycles. The van der Waals surface area contributed by atoms with Gasteiger partial charge in [0.2, 0.25) is 10.0 Å². The highest BCUT2D eigenvalue weighted by atomic mass is 32.2. The number of nitrogens with zero attached hydrogens (tertiary/aromatic N) is 1. The van der Waals surface area contributed by atoms with Gasteiger partial charge in [-0.1, -0.05) is 6.92 Å². The summed E-state index contributed by atoms with van der Waals surface area (Å²) in [5.41, 5.74) is 0. The number of nitriles is 1. The molecule has 0 amide bonds. The van der Waals surface area contributed by atoms with Crippen LogP contribution in [-0.4, -0.2) is 31.4 Å². The van der Waals surface area contributed by atoms with Crippen molar-refractivity contribution in [1.82, 2.24) is 4.72 Å². The molecule has 0 saturated carbocycles. The first kappa shape index (κ1) is 12.4. The number of sulfonamides is 1. The van der Waals surface area contributed by atoms with Gasteiger partial charge in [0.15, 0.2) is 5.25 Å².